The molecule has 6 nitrogen and oxygen atoms in total. The zero-order valence-corrected chi connectivity index (χ0v) is 12.2. The van der Waals surface area contributed by atoms with Crippen LogP contribution in [-0.4, -0.2) is 34.8 Å². The lowest BCUT2D eigenvalue weighted by molar-refractivity contribution is 0.0799. The summed E-state index contributed by atoms with van der Waals surface area (Å²) in [5, 5.41) is 0. The molecule has 0 aromatic heterocycles. The average molecular weight is 288 g/mol. The molecule has 0 saturated carbocycles. The quantitative estimate of drug-likeness (QED) is 0.730. The SMILES string of the molecule is CCOC(C)CNS(=O)(=O)c1ccc(N)cc1OC. The maximum absolute atomic E-state index is 12.1. The standard InChI is InChI=1S/C12H20N2O4S/c1-4-18-9(2)8-14-19(15,16)12-6-5-10(13)7-11(12)17-3/h5-7,9,14H,4,8,13H2,1-3H3. The van der Waals surface area contributed by atoms with E-state index in [-0.39, 0.29) is 23.3 Å². The Morgan fingerprint density at radius 3 is 2.68 bits per heavy atom. The van der Waals surface area contributed by atoms with Crippen LogP contribution in [0.1, 0.15) is 13.8 Å². The number of nitrogen functional groups attached to an aromatic ring is 1. The lowest BCUT2D eigenvalue weighted by Crippen LogP contribution is -2.32. The molecule has 1 aromatic carbocycles. The van der Waals surface area contributed by atoms with E-state index >= 15 is 0 Å². The Labute approximate surface area is 113 Å². The number of sulfonamides is 1. The van der Waals surface area contributed by atoms with E-state index in [1.54, 1.807) is 6.92 Å². The molecule has 19 heavy (non-hydrogen) atoms. The Morgan fingerprint density at radius 1 is 1.42 bits per heavy atom. The number of rotatable bonds is 7. The van der Waals surface area contributed by atoms with E-state index in [9.17, 15) is 8.42 Å². The molecule has 0 saturated heterocycles. The van der Waals surface area contributed by atoms with Gasteiger partial charge in [-0.05, 0) is 26.0 Å². The fraction of sp³-hybridized carbons (Fsp3) is 0.500. The van der Waals surface area contributed by atoms with Crippen molar-refractivity contribution < 1.29 is 17.9 Å². The molecule has 0 bridgehead atoms. The van der Waals surface area contributed by atoms with Gasteiger partial charge in [0, 0.05) is 24.9 Å². The van der Waals surface area contributed by atoms with Crippen LogP contribution >= 0.6 is 0 Å². The Balaban J connectivity index is 2.88. The van der Waals surface area contributed by atoms with Crippen LogP contribution in [0.5, 0.6) is 5.75 Å². The van der Waals surface area contributed by atoms with Crippen molar-refractivity contribution in [2.75, 3.05) is 26.0 Å². The second-order valence-corrected chi connectivity index (χ2v) is 5.76. The molecule has 0 aliphatic carbocycles. The van der Waals surface area contributed by atoms with Crippen molar-refractivity contribution in [3.05, 3.63) is 18.2 Å². The first kappa shape index (κ1) is 15.7. The summed E-state index contributed by atoms with van der Waals surface area (Å²) in [6.45, 7) is 4.39. The summed E-state index contributed by atoms with van der Waals surface area (Å²) in [5.41, 5.74) is 6.04. The number of hydrogen-bond acceptors (Lipinski definition) is 5. The first-order valence-corrected chi connectivity index (χ1v) is 7.43. The third-order valence-corrected chi connectivity index (χ3v) is 3.95. The predicted octanol–water partition coefficient (Wildman–Crippen LogP) is 0.981. The van der Waals surface area contributed by atoms with Crippen LogP contribution in [0.2, 0.25) is 0 Å². The number of anilines is 1. The van der Waals surface area contributed by atoms with Crippen LogP contribution in [0.15, 0.2) is 23.1 Å². The molecular weight excluding hydrogens is 268 g/mol. The highest BCUT2D eigenvalue weighted by Crippen LogP contribution is 2.25. The van der Waals surface area contributed by atoms with E-state index in [1.165, 1.54) is 25.3 Å². The first-order valence-electron chi connectivity index (χ1n) is 5.95. The van der Waals surface area contributed by atoms with E-state index in [4.69, 9.17) is 15.2 Å². The van der Waals surface area contributed by atoms with Crippen molar-refractivity contribution in [2.24, 2.45) is 0 Å². The molecule has 1 atom stereocenters. The lowest BCUT2D eigenvalue weighted by Gasteiger charge is -2.14. The van der Waals surface area contributed by atoms with Crippen molar-refractivity contribution in [1.82, 2.24) is 4.72 Å². The van der Waals surface area contributed by atoms with Crippen molar-refractivity contribution in [2.45, 2.75) is 24.8 Å². The molecule has 0 aliphatic rings. The van der Waals surface area contributed by atoms with Crippen LogP contribution < -0.4 is 15.2 Å². The highest BCUT2D eigenvalue weighted by atomic mass is 32.2. The number of benzene rings is 1. The van der Waals surface area contributed by atoms with Crippen molar-refractivity contribution in [3.8, 4) is 5.75 Å². The number of methoxy groups -OCH3 is 1. The van der Waals surface area contributed by atoms with Gasteiger partial charge in [-0.25, -0.2) is 13.1 Å². The molecule has 0 radical (unpaired) electrons. The fourth-order valence-corrected chi connectivity index (χ4v) is 2.82. The van der Waals surface area contributed by atoms with Gasteiger partial charge in [-0.2, -0.15) is 0 Å². The predicted molar refractivity (Wildman–Crippen MR) is 73.7 cm³/mol. The average Bonchev–Trinajstić information content (AvgIpc) is 2.36. The van der Waals surface area contributed by atoms with Gasteiger partial charge in [0.25, 0.3) is 0 Å². The van der Waals surface area contributed by atoms with Gasteiger partial charge in [0.1, 0.15) is 10.6 Å². The summed E-state index contributed by atoms with van der Waals surface area (Å²) in [5.74, 6) is 0.219. The molecular formula is C12H20N2O4S. The van der Waals surface area contributed by atoms with E-state index in [0.29, 0.717) is 12.3 Å². The fourth-order valence-electron chi connectivity index (χ4n) is 1.55. The molecule has 0 heterocycles. The summed E-state index contributed by atoms with van der Waals surface area (Å²) in [7, 11) is -2.24. The third-order valence-electron chi connectivity index (χ3n) is 2.49. The summed E-state index contributed by atoms with van der Waals surface area (Å²) in [4.78, 5) is 0.0629. The minimum Gasteiger partial charge on any atom is -0.495 e. The molecule has 0 spiro atoms. The van der Waals surface area contributed by atoms with Crippen LogP contribution in [-0.2, 0) is 14.8 Å². The molecule has 1 rings (SSSR count). The second kappa shape index (κ2) is 6.74. The highest BCUT2D eigenvalue weighted by molar-refractivity contribution is 7.89. The smallest absolute Gasteiger partial charge is 0.244 e. The van der Waals surface area contributed by atoms with E-state index in [2.05, 4.69) is 4.72 Å². The van der Waals surface area contributed by atoms with Gasteiger partial charge in [0.05, 0.1) is 13.2 Å². The van der Waals surface area contributed by atoms with Crippen molar-refractivity contribution in [1.29, 1.82) is 0 Å². The Kier molecular flexibility index (Phi) is 5.59. The molecule has 108 valence electrons. The van der Waals surface area contributed by atoms with Gasteiger partial charge in [0.15, 0.2) is 0 Å². The highest BCUT2D eigenvalue weighted by Gasteiger charge is 2.20. The van der Waals surface area contributed by atoms with Gasteiger partial charge >= 0.3 is 0 Å². The Hall–Kier alpha value is -1.31. The van der Waals surface area contributed by atoms with Gasteiger partial charge in [0.2, 0.25) is 10.0 Å². The van der Waals surface area contributed by atoms with E-state index in [1.807, 2.05) is 6.92 Å². The number of ether oxygens (including phenoxy) is 2. The van der Waals surface area contributed by atoms with E-state index in [0.717, 1.165) is 0 Å². The third kappa shape index (κ3) is 4.38. The Bertz CT molecular complexity index is 516. The molecule has 0 aliphatic heterocycles. The summed E-state index contributed by atoms with van der Waals surface area (Å²) < 4.78 is 37.1. The number of hydrogen-bond donors (Lipinski definition) is 2. The van der Waals surface area contributed by atoms with Gasteiger partial charge in [-0.15, -0.1) is 0 Å². The Morgan fingerprint density at radius 2 is 2.11 bits per heavy atom. The maximum Gasteiger partial charge on any atom is 0.244 e. The molecule has 1 aromatic rings. The van der Waals surface area contributed by atoms with Crippen molar-refractivity contribution in [3.63, 3.8) is 0 Å². The van der Waals surface area contributed by atoms with Gasteiger partial charge in [-0.1, -0.05) is 0 Å². The van der Waals surface area contributed by atoms with Crippen LogP contribution in [0.4, 0.5) is 5.69 Å². The lowest BCUT2D eigenvalue weighted by atomic mass is 10.3. The minimum atomic E-state index is -3.64. The van der Waals surface area contributed by atoms with Gasteiger partial charge < -0.3 is 15.2 Å². The molecule has 0 amide bonds. The second-order valence-electron chi connectivity index (χ2n) is 4.03. The van der Waals surface area contributed by atoms with Crippen LogP contribution in [0.25, 0.3) is 0 Å². The topological polar surface area (TPSA) is 90.7 Å². The van der Waals surface area contributed by atoms with Crippen LogP contribution in [0.3, 0.4) is 0 Å². The maximum atomic E-state index is 12.1. The molecule has 0 fully saturated rings. The zero-order chi connectivity index (χ0) is 14.5. The normalized spacial score (nSPS) is 13.2. The molecule has 1 unspecified atom stereocenters. The molecule has 3 N–H and O–H groups in total. The number of nitrogens with one attached hydrogen (secondary N) is 1. The molecule has 7 heteroatoms. The van der Waals surface area contributed by atoms with Gasteiger partial charge in [-0.3, -0.25) is 0 Å². The van der Waals surface area contributed by atoms with E-state index < -0.39 is 10.0 Å². The largest absolute Gasteiger partial charge is 0.495 e. The summed E-state index contributed by atoms with van der Waals surface area (Å²) in [6.07, 6.45) is -0.195. The first-order chi connectivity index (χ1) is 8.90. The van der Waals surface area contributed by atoms with Crippen molar-refractivity contribution >= 4 is 15.7 Å². The summed E-state index contributed by atoms with van der Waals surface area (Å²) >= 11 is 0. The number of nitrogens with two attached hydrogens (primary N) is 1. The zero-order valence-electron chi connectivity index (χ0n) is 11.3. The monoisotopic (exact) mass is 288 g/mol. The minimum absolute atomic E-state index is 0.0629. The summed E-state index contributed by atoms with van der Waals surface area (Å²) in [6, 6.07) is 4.41. The van der Waals surface area contributed by atoms with Crippen LogP contribution in [0, 0.1) is 0 Å².